The minimum atomic E-state index is -2.76. The molecule has 0 radical (unpaired) electrons. The van der Waals surface area contributed by atoms with Gasteiger partial charge in [0.15, 0.2) is 11.6 Å². The first-order chi connectivity index (χ1) is 8.45. The number of aromatic hydroxyl groups is 1. The molecule has 1 amide bonds. The van der Waals surface area contributed by atoms with Gasteiger partial charge in [-0.15, -0.1) is 0 Å². The Balaban J connectivity index is 2.18. The van der Waals surface area contributed by atoms with Crippen LogP contribution in [-0.4, -0.2) is 21.9 Å². The molecule has 1 aromatic rings. The third kappa shape index (κ3) is 2.42. The van der Waals surface area contributed by atoms with E-state index >= 15 is 0 Å². The summed E-state index contributed by atoms with van der Waals surface area (Å²) in [6, 6.07) is 1.36. The van der Waals surface area contributed by atoms with Crippen LogP contribution in [0.3, 0.4) is 0 Å². The van der Waals surface area contributed by atoms with Crippen LogP contribution in [0.15, 0.2) is 12.3 Å². The van der Waals surface area contributed by atoms with E-state index in [1.54, 1.807) is 0 Å². The van der Waals surface area contributed by atoms with Crippen LogP contribution < -0.4 is 5.32 Å². The Morgan fingerprint density at radius 2 is 2.33 bits per heavy atom. The summed E-state index contributed by atoms with van der Waals surface area (Å²) >= 11 is 0. The second-order valence-electron chi connectivity index (χ2n) is 4.41. The van der Waals surface area contributed by atoms with Gasteiger partial charge in [0, 0.05) is 24.6 Å². The van der Waals surface area contributed by atoms with E-state index in [-0.39, 0.29) is 29.5 Å². The van der Waals surface area contributed by atoms with Gasteiger partial charge in [-0.1, -0.05) is 6.92 Å². The first kappa shape index (κ1) is 12.7. The van der Waals surface area contributed by atoms with Gasteiger partial charge in [0.1, 0.15) is 0 Å². The SMILES string of the molecule is CCCC(=O)Nc1nccc(C2CC2(F)F)c1O. The first-order valence-electron chi connectivity index (χ1n) is 5.81. The van der Waals surface area contributed by atoms with Gasteiger partial charge in [-0.25, -0.2) is 13.8 Å². The lowest BCUT2D eigenvalue weighted by molar-refractivity contribution is -0.116. The molecule has 1 aromatic heterocycles. The van der Waals surface area contributed by atoms with Gasteiger partial charge in [-0.05, 0) is 12.5 Å². The summed E-state index contributed by atoms with van der Waals surface area (Å²) in [5, 5.41) is 12.3. The Bertz CT molecular complexity index is 477. The highest BCUT2D eigenvalue weighted by molar-refractivity contribution is 5.91. The van der Waals surface area contributed by atoms with Crippen molar-refractivity contribution in [2.24, 2.45) is 0 Å². The Morgan fingerprint density at radius 1 is 1.67 bits per heavy atom. The normalized spacial score (nSPS) is 20.5. The standard InChI is InChI=1S/C12H14F2N2O2/c1-2-3-9(17)16-11-10(18)7(4-5-15-11)8-6-12(8,13)14/h4-5,8,18H,2-3,6H2,1H3,(H,15,16,17). The molecule has 18 heavy (non-hydrogen) atoms. The van der Waals surface area contributed by atoms with E-state index < -0.39 is 11.8 Å². The average Bonchev–Trinajstić information content (AvgIpc) is 2.91. The van der Waals surface area contributed by atoms with Gasteiger partial charge in [0.25, 0.3) is 5.92 Å². The largest absolute Gasteiger partial charge is 0.504 e. The molecule has 0 aliphatic heterocycles. The maximum absolute atomic E-state index is 13.0. The molecule has 6 heteroatoms. The van der Waals surface area contributed by atoms with Crippen molar-refractivity contribution in [1.82, 2.24) is 4.98 Å². The van der Waals surface area contributed by atoms with Crippen LogP contribution in [0, 0.1) is 0 Å². The van der Waals surface area contributed by atoms with Gasteiger partial charge in [0.2, 0.25) is 5.91 Å². The topological polar surface area (TPSA) is 62.2 Å². The number of halogens is 2. The molecule has 0 spiro atoms. The molecule has 0 bridgehead atoms. The lowest BCUT2D eigenvalue weighted by Crippen LogP contribution is -2.12. The number of aromatic nitrogens is 1. The predicted molar refractivity (Wildman–Crippen MR) is 61.7 cm³/mol. The average molecular weight is 256 g/mol. The van der Waals surface area contributed by atoms with Crippen molar-refractivity contribution in [1.29, 1.82) is 0 Å². The van der Waals surface area contributed by atoms with Crippen LogP contribution in [0.4, 0.5) is 14.6 Å². The second-order valence-corrected chi connectivity index (χ2v) is 4.41. The van der Waals surface area contributed by atoms with Crippen molar-refractivity contribution in [2.75, 3.05) is 5.32 Å². The molecular formula is C12H14F2N2O2. The molecule has 2 rings (SSSR count). The number of amides is 1. The molecule has 4 nitrogen and oxygen atoms in total. The quantitative estimate of drug-likeness (QED) is 0.870. The summed E-state index contributed by atoms with van der Waals surface area (Å²) in [7, 11) is 0. The minimum Gasteiger partial charge on any atom is -0.504 e. The van der Waals surface area contributed by atoms with Crippen LogP contribution in [0.1, 0.15) is 37.7 Å². The Hall–Kier alpha value is -1.72. The number of carbonyl (C=O) groups is 1. The number of nitrogens with zero attached hydrogens (tertiary/aromatic N) is 1. The summed E-state index contributed by atoms with van der Waals surface area (Å²) < 4.78 is 25.9. The Labute approximate surface area is 103 Å². The number of rotatable bonds is 4. The third-order valence-electron chi connectivity index (χ3n) is 2.89. The molecule has 1 heterocycles. The molecule has 1 atom stereocenters. The molecule has 1 saturated carbocycles. The monoisotopic (exact) mass is 256 g/mol. The molecule has 1 unspecified atom stereocenters. The van der Waals surface area contributed by atoms with E-state index in [9.17, 15) is 18.7 Å². The summed E-state index contributed by atoms with van der Waals surface area (Å²) in [5.41, 5.74) is 0.141. The van der Waals surface area contributed by atoms with Crippen molar-refractivity contribution in [3.05, 3.63) is 17.8 Å². The van der Waals surface area contributed by atoms with E-state index in [1.807, 2.05) is 6.92 Å². The number of hydrogen-bond acceptors (Lipinski definition) is 3. The number of anilines is 1. The highest BCUT2D eigenvalue weighted by atomic mass is 19.3. The fraction of sp³-hybridized carbons (Fsp3) is 0.500. The smallest absolute Gasteiger partial charge is 0.256 e. The van der Waals surface area contributed by atoms with Crippen molar-refractivity contribution >= 4 is 11.7 Å². The lowest BCUT2D eigenvalue weighted by Gasteiger charge is -2.09. The number of nitrogens with one attached hydrogen (secondary N) is 1. The van der Waals surface area contributed by atoms with Crippen LogP contribution in [0.5, 0.6) is 5.75 Å². The zero-order valence-electron chi connectivity index (χ0n) is 9.91. The van der Waals surface area contributed by atoms with Crippen LogP contribution in [0.2, 0.25) is 0 Å². The lowest BCUT2D eigenvalue weighted by atomic mass is 10.1. The van der Waals surface area contributed by atoms with Gasteiger partial charge in [0.05, 0.1) is 5.92 Å². The maximum atomic E-state index is 13.0. The number of alkyl halides is 2. The molecule has 1 aliphatic carbocycles. The molecule has 98 valence electrons. The number of carbonyl (C=O) groups excluding carboxylic acids is 1. The summed E-state index contributed by atoms with van der Waals surface area (Å²) in [6.45, 7) is 1.84. The second kappa shape index (κ2) is 4.51. The zero-order chi connectivity index (χ0) is 13.3. The van der Waals surface area contributed by atoms with E-state index in [0.29, 0.717) is 12.8 Å². The van der Waals surface area contributed by atoms with Gasteiger partial charge >= 0.3 is 0 Å². The summed E-state index contributed by atoms with van der Waals surface area (Å²) in [4.78, 5) is 15.2. The molecular weight excluding hydrogens is 242 g/mol. The maximum Gasteiger partial charge on any atom is 0.256 e. The predicted octanol–water partition coefficient (Wildman–Crippen LogP) is 2.65. The molecule has 1 aliphatic rings. The third-order valence-corrected chi connectivity index (χ3v) is 2.89. The van der Waals surface area contributed by atoms with Crippen molar-refractivity contribution in [3.63, 3.8) is 0 Å². The zero-order valence-corrected chi connectivity index (χ0v) is 9.91. The van der Waals surface area contributed by atoms with E-state index in [1.165, 1.54) is 12.3 Å². The van der Waals surface area contributed by atoms with Crippen LogP contribution >= 0.6 is 0 Å². The van der Waals surface area contributed by atoms with Gasteiger partial charge < -0.3 is 10.4 Å². The molecule has 0 saturated heterocycles. The number of hydrogen-bond donors (Lipinski definition) is 2. The van der Waals surface area contributed by atoms with E-state index in [0.717, 1.165) is 0 Å². The Kier molecular flexibility index (Phi) is 3.19. The molecule has 1 fully saturated rings. The minimum absolute atomic E-state index is 0.0475. The van der Waals surface area contributed by atoms with Crippen LogP contribution in [0.25, 0.3) is 0 Å². The first-order valence-corrected chi connectivity index (χ1v) is 5.81. The molecule has 0 aromatic carbocycles. The van der Waals surface area contributed by atoms with E-state index in [4.69, 9.17) is 0 Å². The Morgan fingerprint density at radius 3 is 2.89 bits per heavy atom. The van der Waals surface area contributed by atoms with Gasteiger partial charge in [-0.2, -0.15) is 0 Å². The fourth-order valence-electron chi connectivity index (χ4n) is 1.81. The summed E-state index contributed by atoms with van der Waals surface area (Å²) in [5.74, 6) is -4.43. The van der Waals surface area contributed by atoms with Crippen molar-refractivity contribution < 1.29 is 18.7 Å². The van der Waals surface area contributed by atoms with Crippen molar-refractivity contribution in [2.45, 2.75) is 38.0 Å². The summed E-state index contributed by atoms with van der Waals surface area (Å²) in [6.07, 6.45) is 2.00. The fourth-order valence-corrected chi connectivity index (χ4v) is 1.81. The van der Waals surface area contributed by atoms with Crippen molar-refractivity contribution in [3.8, 4) is 5.75 Å². The number of pyridine rings is 1. The van der Waals surface area contributed by atoms with E-state index in [2.05, 4.69) is 10.3 Å². The van der Waals surface area contributed by atoms with Crippen LogP contribution in [-0.2, 0) is 4.79 Å². The van der Waals surface area contributed by atoms with Gasteiger partial charge in [-0.3, -0.25) is 4.79 Å². The highest BCUT2D eigenvalue weighted by Gasteiger charge is 2.58. The highest BCUT2D eigenvalue weighted by Crippen LogP contribution is 2.58. The molecule has 2 N–H and O–H groups in total.